The highest BCUT2D eigenvalue weighted by Gasteiger charge is 2.50. The molecule has 1 saturated heterocycles. The number of aliphatic hydroxyl groups is 2. The van der Waals surface area contributed by atoms with Crippen molar-refractivity contribution in [2.45, 2.75) is 50.9 Å². The average Bonchev–Trinajstić information content (AvgIpc) is 3.58. The molecule has 0 radical (unpaired) electrons. The normalized spacial score (nSPS) is 22.4. The second-order valence-electron chi connectivity index (χ2n) is 11.1. The largest absolute Gasteiger partial charge is 0.481 e. The number of hydrogen-bond acceptors (Lipinski definition) is 18. The minimum absolute atomic E-state index is 0.0292. The summed E-state index contributed by atoms with van der Waals surface area (Å²) in [6.45, 7) is 0.461. The van der Waals surface area contributed by atoms with E-state index in [0.717, 1.165) is 29.2 Å². The second-order valence-corrected chi connectivity index (χ2v) is 16.1. The van der Waals surface area contributed by atoms with Gasteiger partial charge in [-0.2, -0.15) is 4.31 Å². The molecule has 2 amide bonds. The van der Waals surface area contributed by atoms with E-state index >= 15 is 0 Å². The van der Waals surface area contributed by atoms with Crippen LogP contribution >= 0.6 is 35.4 Å². The van der Waals surface area contributed by atoms with E-state index in [4.69, 9.17) is 25.0 Å². The summed E-state index contributed by atoms with van der Waals surface area (Å²) in [6.07, 6.45) is -6.91. The van der Waals surface area contributed by atoms with Crippen LogP contribution in [0.15, 0.2) is 17.2 Å². The van der Waals surface area contributed by atoms with Gasteiger partial charge in [0.1, 0.15) is 36.3 Å². The van der Waals surface area contributed by atoms with Gasteiger partial charge in [0.2, 0.25) is 11.8 Å². The number of azide groups is 1. The van der Waals surface area contributed by atoms with Gasteiger partial charge in [-0.3, -0.25) is 27.7 Å². The van der Waals surface area contributed by atoms with Gasteiger partial charge in [-0.05, 0) is 10.1 Å². The van der Waals surface area contributed by atoms with Gasteiger partial charge in [-0.15, -0.1) is 0 Å². The van der Waals surface area contributed by atoms with Crippen LogP contribution < -0.4 is 16.4 Å². The maximum atomic E-state index is 12.6. The molecule has 26 nitrogen and oxygen atoms in total. The fourth-order valence-corrected chi connectivity index (χ4v) is 7.40. The number of anilines is 1. The van der Waals surface area contributed by atoms with Crippen molar-refractivity contribution in [3.8, 4) is 0 Å². The Bertz CT molecular complexity index is 1740. The van der Waals surface area contributed by atoms with Gasteiger partial charge >= 0.3 is 23.5 Å². The smallest absolute Gasteiger partial charge is 0.386 e. The first-order valence-corrected chi connectivity index (χ1v) is 19.7. The molecule has 3 rings (SSSR count). The number of phosphoric acid groups is 3. The highest BCUT2D eigenvalue weighted by atomic mass is 32.2. The van der Waals surface area contributed by atoms with Crippen LogP contribution in [0.4, 0.5) is 5.82 Å². The molecule has 1 fully saturated rings. The number of amides is 2. The van der Waals surface area contributed by atoms with Gasteiger partial charge < -0.3 is 50.9 Å². The zero-order chi connectivity index (χ0) is 38.2. The third-order valence-corrected chi connectivity index (χ3v) is 10.4. The summed E-state index contributed by atoms with van der Waals surface area (Å²) in [5.74, 6) is -1.16. The molecule has 30 heteroatoms. The maximum Gasteiger partial charge on any atom is 0.481 e. The van der Waals surface area contributed by atoms with Crippen LogP contribution in [0.25, 0.3) is 21.6 Å². The highest BCUT2D eigenvalue weighted by molar-refractivity contribution is 7.97. The number of aliphatic hydroxyl groups excluding tert-OH is 2. The maximum absolute atomic E-state index is 12.6. The fourth-order valence-electron chi connectivity index (χ4n) is 4.24. The number of ether oxygens (including phenoxy) is 1. The molecule has 286 valence electrons. The fraction of sp³-hybridized carbons (Fsp3) is 0.667. The minimum atomic E-state index is -5.56. The molecular weight excluding hydrogens is 773 g/mol. The summed E-state index contributed by atoms with van der Waals surface area (Å²) in [6, 6.07) is 0. The number of nitrogens with one attached hydrogen (secondary N) is 2. The Morgan fingerprint density at radius 3 is 2.51 bits per heavy atom. The number of carbonyl (C=O) groups is 2. The first-order chi connectivity index (χ1) is 23.7. The molecule has 51 heavy (non-hydrogen) atoms. The monoisotopic (exact) mass is 808 g/mol. The van der Waals surface area contributed by atoms with Crippen molar-refractivity contribution in [2.75, 3.05) is 37.8 Å². The predicted molar refractivity (Wildman–Crippen MR) is 171 cm³/mol. The summed E-state index contributed by atoms with van der Waals surface area (Å²) in [4.78, 5) is 77.5. The Hall–Kier alpha value is -2.80. The minimum Gasteiger partial charge on any atom is -0.386 e. The summed E-state index contributed by atoms with van der Waals surface area (Å²) in [5.41, 5.74) is 12.4. The van der Waals surface area contributed by atoms with Gasteiger partial charge in [0.05, 0.1) is 19.5 Å². The van der Waals surface area contributed by atoms with Crippen molar-refractivity contribution < 1.29 is 75.7 Å². The standard InChI is InChI=1S/C21H35N10O16P3S/c1-21(2,16(34)19(35)25-4-3-12(32)24-5-6-51-30-29-23)8-44-50(41,42)47-49(39,40)43-7-11-15(46-48(36,37)38)14(33)20(45-11)31-10-28-13-17(22)26-9-27-18(13)31/h9-11,14-16,20,33-34H,3-8H2,1-2H3,(H,24,32)(H,25,35)(H,39,40)(H,41,42)(H2,22,26,27)(H2,36,37,38)/t11-,14-,15-,16+,20-/m1/s1. The quantitative estimate of drug-likeness (QED) is 0.0201. The SMILES string of the molecule is CC(C)(COP(=O)(O)OP(=O)(O)OC[C@H]1O[C@@H](n2cnc3c(N)ncnc32)[C@H](O)[C@@H]1OP(=O)(O)O)[C@@H](O)C(=O)NCCC(=O)NCCSN=[N+]=[N-]. The number of aromatic nitrogens is 4. The number of hydrogen-bond donors (Lipinski definition) is 9. The number of rotatable bonds is 20. The summed E-state index contributed by atoms with van der Waals surface area (Å²) in [7, 11) is -16.4. The van der Waals surface area contributed by atoms with Crippen LogP contribution in [0.1, 0.15) is 26.5 Å². The highest BCUT2D eigenvalue weighted by Crippen LogP contribution is 2.61. The van der Waals surface area contributed by atoms with Gasteiger partial charge in [-0.25, -0.2) is 28.6 Å². The van der Waals surface area contributed by atoms with Crippen molar-refractivity contribution in [2.24, 2.45) is 9.93 Å². The lowest BCUT2D eigenvalue weighted by atomic mass is 9.87. The van der Waals surface area contributed by atoms with Crippen molar-refractivity contribution >= 4 is 64.2 Å². The van der Waals surface area contributed by atoms with Crippen molar-refractivity contribution in [1.29, 1.82) is 0 Å². The Labute approximate surface area is 291 Å². The molecule has 0 aromatic carbocycles. The van der Waals surface area contributed by atoms with Gasteiger partial charge in [0.25, 0.3) is 0 Å². The number of nitrogens with zero attached hydrogens (tertiary/aromatic N) is 7. The zero-order valence-corrected chi connectivity index (χ0v) is 30.0. The van der Waals surface area contributed by atoms with E-state index in [1.165, 1.54) is 13.8 Å². The average molecular weight is 809 g/mol. The first kappa shape index (κ1) is 42.6. The molecule has 1 aliphatic heterocycles. The number of carbonyl (C=O) groups excluding carboxylic acids is 2. The topological polar surface area (TPSA) is 395 Å². The molecule has 0 saturated carbocycles. The van der Waals surface area contributed by atoms with Crippen LogP contribution in [0.2, 0.25) is 0 Å². The molecule has 3 heterocycles. The molecule has 7 atom stereocenters. The van der Waals surface area contributed by atoms with Crippen molar-refractivity contribution in [3.63, 3.8) is 0 Å². The Morgan fingerprint density at radius 1 is 1.16 bits per heavy atom. The molecule has 1 aliphatic rings. The number of nitrogens with two attached hydrogens (primary N) is 1. The number of fused-ring (bicyclic) bond motifs is 1. The van der Waals surface area contributed by atoms with Gasteiger partial charge in [0.15, 0.2) is 17.7 Å². The van der Waals surface area contributed by atoms with Crippen LogP contribution in [0.3, 0.4) is 0 Å². The number of nitrogen functional groups attached to an aromatic ring is 1. The van der Waals surface area contributed by atoms with E-state index in [0.29, 0.717) is 5.75 Å². The van der Waals surface area contributed by atoms with E-state index in [9.17, 15) is 53.1 Å². The third-order valence-electron chi connectivity index (χ3n) is 6.69. The second kappa shape index (κ2) is 17.8. The lowest BCUT2D eigenvalue weighted by molar-refractivity contribution is -0.137. The van der Waals surface area contributed by atoms with E-state index in [1.54, 1.807) is 0 Å². The van der Waals surface area contributed by atoms with Crippen molar-refractivity contribution in [1.82, 2.24) is 30.2 Å². The molecule has 0 spiro atoms. The molecular formula is C21H35N10O16P3S. The molecule has 10 N–H and O–H groups in total. The molecule has 2 unspecified atom stereocenters. The van der Waals surface area contributed by atoms with Gasteiger partial charge in [-0.1, -0.05) is 25.8 Å². The lowest BCUT2D eigenvalue weighted by Gasteiger charge is -2.30. The number of phosphoric ester groups is 3. The summed E-state index contributed by atoms with van der Waals surface area (Å²) < 4.78 is 65.0. The van der Waals surface area contributed by atoms with Crippen LogP contribution in [-0.2, 0) is 45.9 Å². The van der Waals surface area contributed by atoms with Gasteiger partial charge in [0, 0.05) is 35.6 Å². The van der Waals surface area contributed by atoms with E-state index in [2.05, 4.69) is 43.9 Å². The molecule has 0 bridgehead atoms. The Morgan fingerprint density at radius 2 is 1.84 bits per heavy atom. The van der Waals surface area contributed by atoms with Crippen LogP contribution in [0, 0.1) is 5.41 Å². The third kappa shape index (κ3) is 12.7. The Kier molecular flexibility index (Phi) is 14.9. The van der Waals surface area contributed by atoms with Crippen LogP contribution in [-0.4, -0.2) is 118 Å². The summed E-state index contributed by atoms with van der Waals surface area (Å²) >= 11 is 0.894. The predicted octanol–water partition coefficient (Wildman–Crippen LogP) is -0.637. The molecule has 0 aliphatic carbocycles. The van der Waals surface area contributed by atoms with Crippen LogP contribution in [0.5, 0.6) is 0 Å². The Balaban J connectivity index is 1.55. The summed E-state index contributed by atoms with van der Waals surface area (Å²) in [5, 5.41) is 26.1. The molecule has 2 aromatic heterocycles. The zero-order valence-electron chi connectivity index (χ0n) is 26.5. The van der Waals surface area contributed by atoms with Crippen molar-refractivity contribution in [3.05, 3.63) is 23.1 Å². The first-order valence-electron chi connectivity index (χ1n) is 14.2. The van der Waals surface area contributed by atoms with E-state index in [-0.39, 0.29) is 36.5 Å². The van der Waals surface area contributed by atoms with E-state index in [1.807, 2.05) is 0 Å². The lowest BCUT2D eigenvalue weighted by Crippen LogP contribution is -2.46. The number of imidazole rings is 1. The molecule has 2 aromatic rings. The van der Waals surface area contributed by atoms with E-state index < -0.39 is 84.6 Å².